The molecule has 0 bridgehead atoms. The maximum Gasteiger partial charge on any atom is 0.321 e. The van der Waals surface area contributed by atoms with Crippen LogP contribution in [0, 0.1) is 0 Å². The number of hydrogen-bond donors (Lipinski definition) is 2. The van der Waals surface area contributed by atoms with Gasteiger partial charge in [0.25, 0.3) is 0 Å². The molecule has 5 nitrogen and oxygen atoms in total. The number of thiophene rings is 1. The Morgan fingerprint density at radius 1 is 1.42 bits per heavy atom. The smallest absolute Gasteiger partial charge is 0.321 e. The summed E-state index contributed by atoms with van der Waals surface area (Å²) in [4.78, 5) is 26.0. The Kier molecular flexibility index (Phi) is 7.14. The molecule has 1 aromatic rings. The number of urea groups is 1. The molecule has 0 saturated heterocycles. The second-order valence-corrected chi connectivity index (χ2v) is 5.43. The van der Waals surface area contributed by atoms with Crippen LogP contribution in [0.5, 0.6) is 0 Å². The third-order valence-electron chi connectivity index (χ3n) is 2.56. The Morgan fingerprint density at radius 2 is 2.21 bits per heavy atom. The zero-order chi connectivity index (χ0) is 14.1. The lowest BCUT2D eigenvalue weighted by atomic mass is 10.3. The van der Waals surface area contributed by atoms with E-state index in [1.807, 2.05) is 29.5 Å². The molecule has 0 unspecified atom stereocenters. The van der Waals surface area contributed by atoms with Crippen molar-refractivity contribution in [3.8, 4) is 0 Å². The van der Waals surface area contributed by atoms with Gasteiger partial charge in [0.05, 0.1) is 13.1 Å². The summed E-state index contributed by atoms with van der Waals surface area (Å²) in [5.74, 6) is -0.276. The van der Waals surface area contributed by atoms with Crippen molar-refractivity contribution in [3.63, 3.8) is 0 Å². The summed E-state index contributed by atoms with van der Waals surface area (Å²) in [6.07, 6.45) is 2.14. The minimum Gasteiger partial charge on any atom is -0.333 e. The Labute approximate surface area is 118 Å². The highest BCUT2D eigenvalue weighted by atomic mass is 32.1. The summed E-state index contributed by atoms with van der Waals surface area (Å²) in [6.45, 7) is 3.65. The van der Waals surface area contributed by atoms with Crippen molar-refractivity contribution in [2.75, 3.05) is 20.1 Å². The third kappa shape index (κ3) is 6.93. The van der Waals surface area contributed by atoms with Crippen molar-refractivity contribution in [2.45, 2.75) is 26.3 Å². The molecule has 106 valence electrons. The van der Waals surface area contributed by atoms with Crippen molar-refractivity contribution in [3.05, 3.63) is 22.4 Å². The molecule has 0 fully saturated rings. The highest BCUT2D eigenvalue weighted by Gasteiger charge is 2.09. The summed E-state index contributed by atoms with van der Waals surface area (Å²) in [7, 11) is 1.87. The molecule has 0 spiro atoms. The quantitative estimate of drug-likeness (QED) is 0.802. The Hall–Kier alpha value is -1.40. The van der Waals surface area contributed by atoms with Crippen LogP contribution in [-0.4, -0.2) is 37.0 Å². The molecular formula is C13H21N3O2S. The number of likely N-dealkylation sites (N-methyl/N-ethyl adjacent to an activating group) is 1. The van der Waals surface area contributed by atoms with E-state index >= 15 is 0 Å². The van der Waals surface area contributed by atoms with Gasteiger partial charge < -0.3 is 5.32 Å². The van der Waals surface area contributed by atoms with Crippen LogP contribution in [0.3, 0.4) is 0 Å². The van der Waals surface area contributed by atoms with Crippen molar-refractivity contribution in [2.24, 2.45) is 0 Å². The van der Waals surface area contributed by atoms with Crippen molar-refractivity contribution in [1.29, 1.82) is 0 Å². The van der Waals surface area contributed by atoms with E-state index in [2.05, 4.69) is 17.6 Å². The maximum atomic E-state index is 11.6. The number of rotatable bonds is 7. The van der Waals surface area contributed by atoms with Crippen LogP contribution in [0.1, 0.15) is 24.6 Å². The van der Waals surface area contributed by atoms with Crippen LogP contribution in [0.2, 0.25) is 0 Å². The highest BCUT2D eigenvalue weighted by molar-refractivity contribution is 7.09. The van der Waals surface area contributed by atoms with E-state index in [1.54, 1.807) is 11.3 Å². The molecule has 0 saturated carbocycles. The van der Waals surface area contributed by atoms with E-state index in [9.17, 15) is 9.59 Å². The molecule has 0 aromatic carbocycles. The number of carbonyl (C=O) groups excluding carboxylic acids is 2. The monoisotopic (exact) mass is 283 g/mol. The van der Waals surface area contributed by atoms with Crippen LogP contribution >= 0.6 is 11.3 Å². The van der Waals surface area contributed by atoms with Crippen LogP contribution < -0.4 is 10.6 Å². The van der Waals surface area contributed by atoms with Crippen molar-refractivity contribution >= 4 is 23.3 Å². The van der Waals surface area contributed by atoms with Gasteiger partial charge in [-0.1, -0.05) is 19.4 Å². The second kappa shape index (κ2) is 8.66. The molecule has 0 aliphatic heterocycles. The molecule has 1 heterocycles. The van der Waals surface area contributed by atoms with E-state index in [1.165, 1.54) is 0 Å². The number of imide groups is 1. The average molecular weight is 283 g/mol. The Bertz CT molecular complexity index is 393. The number of nitrogens with zero attached hydrogens (tertiary/aromatic N) is 1. The van der Waals surface area contributed by atoms with Crippen molar-refractivity contribution < 1.29 is 9.59 Å². The summed E-state index contributed by atoms with van der Waals surface area (Å²) in [5.41, 5.74) is 0. The van der Waals surface area contributed by atoms with E-state index < -0.39 is 6.03 Å². The molecule has 0 aliphatic carbocycles. The zero-order valence-corrected chi connectivity index (χ0v) is 12.3. The summed E-state index contributed by atoms with van der Waals surface area (Å²) < 4.78 is 0. The maximum absolute atomic E-state index is 11.6. The van der Waals surface area contributed by atoms with Gasteiger partial charge in [-0.05, 0) is 31.5 Å². The lowest BCUT2D eigenvalue weighted by Gasteiger charge is -2.15. The first-order chi connectivity index (χ1) is 9.11. The normalized spacial score (nSPS) is 10.5. The molecule has 0 atom stereocenters. The Balaban J connectivity index is 2.18. The molecule has 1 rings (SSSR count). The van der Waals surface area contributed by atoms with Crippen LogP contribution in [0.4, 0.5) is 4.79 Å². The second-order valence-electron chi connectivity index (χ2n) is 4.40. The van der Waals surface area contributed by atoms with E-state index in [0.717, 1.165) is 24.3 Å². The largest absolute Gasteiger partial charge is 0.333 e. The van der Waals surface area contributed by atoms with Gasteiger partial charge in [0.1, 0.15) is 0 Å². The van der Waals surface area contributed by atoms with Gasteiger partial charge in [0.2, 0.25) is 5.91 Å². The first-order valence-corrected chi connectivity index (χ1v) is 7.28. The van der Waals surface area contributed by atoms with E-state index in [-0.39, 0.29) is 12.5 Å². The van der Waals surface area contributed by atoms with Gasteiger partial charge in [-0.25, -0.2) is 4.79 Å². The van der Waals surface area contributed by atoms with Gasteiger partial charge in [-0.15, -0.1) is 11.3 Å². The van der Waals surface area contributed by atoms with Gasteiger partial charge >= 0.3 is 6.03 Å². The van der Waals surface area contributed by atoms with Gasteiger partial charge in [0.15, 0.2) is 0 Å². The van der Waals surface area contributed by atoms with Gasteiger partial charge in [0, 0.05) is 4.88 Å². The fourth-order valence-electron chi connectivity index (χ4n) is 1.54. The molecule has 3 amide bonds. The summed E-state index contributed by atoms with van der Waals surface area (Å²) >= 11 is 1.57. The minimum absolute atomic E-state index is 0.242. The van der Waals surface area contributed by atoms with Gasteiger partial charge in [-0.3, -0.25) is 15.0 Å². The molecule has 2 N–H and O–H groups in total. The number of nitrogens with one attached hydrogen (secondary N) is 2. The number of hydrogen-bond acceptors (Lipinski definition) is 4. The first-order valence-electron chi connectivity index (χ1n) is 6.40. The first kappa shape index (κ1) is 15.7. The van der Waals surface area contributed by atoms with Crippen LogP contribution in [0.25, 0.3) is 0 Å². The third-order valence-corrected chi connectivity index (χ3v) is 3.44. The van der Waals surface area contributed by atoms with Crippen molar-refractivity contribution in [1.82, 2.24) is 15.5 Å². The van der Waals surface area contributed by atoms with Crippen LogP contribution in [-0.2, 0) is 11.3 Å². The van der Waals surface area contributed by atoms with E-state index in [4.69, 9.17) is 0 Å². The predicted octanol–water partition coefficient (Wildman–Crippen LogP) is 1.81. The highest BCUT2D eigenvalue weighted by Crippen LogP contribution is 2.06. The molecule has 1 aromatic heterocycles. The fourth-order valence-corrected chi connectivity index (χ4v) is 2.19. The number of carbonyl (C=O) groups is 2. The molecule has 19 heavy (non-hydrogen) atoms. The zero-order valence-electron chi connectivity index (χ0n) is 11.4. The number of amides is 3. The lowest BCUT2D eigenvalue weighted by Crippen LogP contribution is -2.43. The van der Waals surface area contributed by atoms with Gasteiger partial charge in [-0.2, -0.15) is 0 Å². The minimum atomic E-state index is -0.442. The topological polar surface area (TPSA) is 61.4 Å². The summed E-state index contributed by atoms with van der Waals surface area (Å²) in [5, 5.41) is 6.92. The number of unbranched alkanes of at least 4 members (excludes halogenated alkanes) is 1. The SMILES string of the molecule is CCCCN(C)CC(=O)NC(=O)NCc1cccs1. The molecular weight excluding hydrogens is 262 g/mol. The predicted molar refractivity (Wildman–Crippen MR) is 77.1 cm³/mol. The average Bonchev–Trinajstić information content (AvgIpc) is 2.86. The Morgan fingerprint density at radius 3 is 2.84 bits per heavy atom. The van der Waals surface area contributed by atoms with E-state index in [0.29, 0.717) is 6.54 Å². The molecule has 0 radical (unpaired) electrons. The summed E-state index contributed by atoms with van der Waals surface area (Å²) in [6, 6.07) is 3.42. The standard InChI is InChI=1S/C13H21N3O2S/c1-3-4-7-16(2)10-12(17)15-13(18)14-9-11-6-5-8-19-11/h5-6,8H,3-4,7,9-10H2,1-2H3,(H2,14,15,17,18). The van der Waals surface area contributed by atoms with Crippen LogP contribution in [0.15, 0.2) is 17.5 Å². The lowest BCUT2D eigenvalue weighted by molar-refractivity contribution is -0.120. The molecule has 0 aliphatic rings. The molecule has 6 heteroatoms. The fraction of sp³-hybridized carbons (Fsp3) is 0.538.